The lowest BCUT2D eigenvalue weighted by Gasteiger charge is -2.41. The quantitative estimate of drug-likeness (QED) is 0.910. The van der Waals surface area contributed by atoms with Gasteiger partial charge in [-0.25, -0.2) is 4.39 Å². The number of hydrogen-bond donors (Lipinski definition) is 1. The van der Waals surface area contributed by atoms with E-state index in [2.05, 4.69) is 10.2 Å². The SMILES string of the molecule is Fc1ccccc1[C@@H](C1CCCCC1)N1CCNCC1. The Morgan fingerprint density at radius 1 is 1.05 bits per heavy atom. The van der Waals surface area contributed by atoms with E-state index in [4.69, 9.17) is 0 Å². The molecule has 0 amide bonds. The Balaban J connectivity index is 1.87. The second kappa shape index (κ2) is 6.68. The van der Waals surface area contributed by atoms with Crippen LogP contribution >= 0.6 is 0 Å². The molecule has 0 bridgehead atoms. The fourth-order valence-electron chi connectivity index (χ4n) is 3.87. The molecule has 110 valence electrons. The van der Waals surface area contributed by atoms with Crippen molar-refractivity contribution in [3.8, 4) is 0 Å². The topological polar surface area (TPSA) is 15.3 Å². The van der Waals surface area contributed by atoms with Gasteiger partial charge >= 0.3 is 0 Å². The Kier molecular flexibility index (Phi) is 4.69. The summed E-state index contributed by atoms with van der Waals surface area (Å²) >= 11 is 0. The van der Waals surface area contributed by atoms with Gasteiger partial charge in [0.2, 0.25) is 0 Å². The fraction of sp³-hybridized carbons (Fsp3) is 0.647. The minimum atomic E-state index is -0.0263. The molecular formula is C17H25FN2. The van der Waals surface area contributed by atoms with Crippen LogP contribution in [0.1, 0.15) is 43.7 Å². The maximum atomic E-state index is 14.3. The van der Waals surface area contributed by atoms with Gasteiger partial charge in [0.25, 0.3) is 0 Å². The van der Waals surface area contributed by atoms with Crippen LogP contribution in [0.3, 0.4) is 0 Å². The Hall–Kier alpha value is -0.930. The Labute approximate surface area is 121 Å². The van der Waals surface area contributed by atoms with Crippen LogP contribution in [-0.4, -0.2) is 31.1 Å². The van der Waals surface area contributed by atoms with Crippen LogP contribution in [0.4, 0.5) is 4.39 Å². The van der Waals surface area contributed by atoms with Gasteiger partial charge in [0.15, 0.2) is 0 Å². The fourth-order valence-corrected chi connectivity index (χ4v) is 3.87. The molecule has 0 spiro atoms. The molecule has 1 aliphatic carbocycles. The lowest BCUT2D eigenvalue weighted by atomic mass is 9.80. The standard InChI is InChI=1S/C17H25FN2/c18-16-9-5-4-8-15(16)17(14-6-2-1-3-7-14)20-12-10-19-11-13-20/h4-5,8-9,14,17,19H,1-3,6-7,10-13H2/t17-/m1/s1. The number of benzene rings is 1. The van der Waals surface area contributed by atoms with Gasteiger partial charge in [-0.1, -0.05) is 37.5 Å². The van der Waals surface area contributed by atoms with E-state index in [0.717, 1.165) is 31.7 Å². The molecule has 0 unspecified atom stereocenters. The van der Waals surface area contributed by atoms with E-state index in [-0.39, 0.29) is 11.9 Å². The summed E-state index contributed by atoms with van der Waals surface area (Å²) in [7, 11) is 0. The average Bonchev–Trinajstić information content (AvgIpc) is 2.52. The van der Waals surface area contributed by atoms with E-state index in [1.165, 1.54) is 32.1 Å². The van der Waals surface area contributed by atoms with Gasteiger partial charge in [-0.05, 0) is 24.8 Å². The summed E-state index contributed by atoms with van der Waals surface area (Å²) < 4.78 is 14.3. The molecule has 0 radical (unpaired) electrons. The Bertz CT molecular complexity index is 405. The molecule has 2 fully saturated rings. The van der Waals surface area contributed by atoms with Gasteiger partial charge in [0.1, 0.15) is 5.82 Å². The van der Waals surface area contributed by atoms with Crippen LogP contribution < -0.4 is 5.32 Å². The molecule has 20 heavy (non-hydrogen) atoms. The van der Waals surface area contributed by atoms with Crippen molar-refractivity contribution < 1.29 is 4.39 Å². The zero-order valence-electron chi connectivity index (χ0n) is 12.2. The van der Waals surface area contributed by atoms with Crippen molar-refractivity contribution in [2.24, 2.45) is 5.92 Å². The monoisotopic (exact) mass is 276 g/mol. The molecule has 3 heteroatoms. The molecule has 1 aliphatic heterocycles. The third kappa shape index (κ3) is 3.04. The molecule has 1 heterocycles. The number of hydrogen-bond acceptors (Lipinski definition) is 2. The van der Waals surface area contributed by atoms with Crippen LogP contribution in [0.2, 0.25) is 0 Å². The highest BCUT2D eigenvalue weighted by atomic mass is 19.1. The van der Waals surface area contributed by atoms with Crippen LogP contribution in [0, 0.1) is 11.7 Å². The molecule has 2 nitrogen and oxygen atoms in total. The Morgan fingerprint density at radius 3 is 2.45 bits per heavy atom. The molecule has 1 N–H and O–H groups in total. The van der Waals surface area contributed by atoms with E-state index in [0.29, 0.717) is 5.92 Å². The summed E-state index contributed by atoms with van der Waals surface area (Å²) in [5, 5.41) is 3.40. The third-order valence-corrected chi connectivity index (χ3v) is 4.87. The summed E-state index contributed by atoms with van der Waals surface area (Å²) in [4.78, 5) is 2.50. The zero-order valence-corrected chi connectivity index (χ0v) is 12.2. The van der Waals surface area contributed by atoms with Crippen molar-refractivity contribution in [1.82, 2.24) is 10.2 Å². The predicted molar refractivity (Wildman–Crippen MR) is 80.2 cm³/mol. The van der Waals surface area contributed by atoms with Crippen molar-refractivity contribution in [3.63, 3.8) is 0 Å². The number of nitrogens with zero attached hydrogens (tertiary/aromatic N) is 1. The largest absolute Gasteiger partial charge is 0.314 e. The van der Waals surface area contributed by atoms with E-state index in [1.807, 2.05) is 12.1 Å². The summed E-state index contributed by atoms with van der Waals surface area (Å²) in [6.07, 6.45) is 6.47. The highest BCUT2D eigenvalue weighted by Crippen LogP contribution is 2.39. The van der Waals surface area contributed by atoms with Gasteiger partial charge in [-0.15, -0.1) is 0 Å². The minimum absolute atomic E-state index is 0.0263. The van der Waals surface area contributed by atoms with E-state index < -0.39 is 0 Å². The zero-order chi connectivity index (χ0) is 13.8. The van der Waals surface area contributed by atoms with Crippen LogP contribution in [0.15, 0.2) is 24.3 Å². The molecule has 0 aromatic heterocycles. The highest BCUT2D eigenvalue weighted by molar-refractivity contribution is 5.22. The minimum Gasteiger partial charge on any atom is -0.314 e. The smallest absolute Gasteiger partial charge is 0.127 e. The lowest BCUT2D eigenvalue weighted by molar-refractivity contribution is 0.101. The number of rotatable bonds is 3. The average molecular weight is 276 g/mol. The van der Waals surface area contributed by atoms with E-state index >= 15 is 0 Å². The first-order chi connectivity index (χ1) is 9.86. The first kappa shape index (κ1) is 14.0. The van der Waals surface area contributed by atoms with Gasteiger partial charge in [-0.3, -0.25) is 4.90 Å². The van der Waals surface area contributed by atoms with Gasteiger partial charge in [0.05, 0.1) is 0 Å². The number of nitrogens with one attached hydrogen (secondary N) is 1. The summed E-state index contributed by atoms with van der Waals surface area (Å²) in [6.45, 7) is 4.13. The normalized spacial score (nSPS) is 23.6. The molecule has 1 aromatic carbocycles. The first-order valence-electron chi connectivity index (χ1n) is 8.05. The maximum absolute atomic E-state index is 14.3. The maximum Gasteiger partial charge on any atom is 0.127 e. The summed E-state index contributed by atoms with van der Waals surface area (Å²) in [5.41, 5.74) is 0.918. The second-order valence-electron chi connectivity index (χ2n) is 6.15. The van der Waals surface area contributed by atoms with Crippen molar-refractivity contribution in [3.05, 3.63) is 35.6 Å². The summed E-state index contributed by atoms with van der Waals surface area (Å²) in [5.74, 6) is 0.598. The molecule has 1 aromatic rings. The number of halogens is 1. The van der Waals surface area contributed by atoms with Gasteiger partial charge in [-0.2, -0.15) is 0 Å². The van der Waals surface area contributed by atoms with E-state index in [1.54, 1.807) is 12.1 Å². The van der Waals surface area contributed by atoms with Crippen LogP contribution in [0.25, 0.3) is 0 Å². The van der Waals surface area contributed by atoms with Crippen LogP contribution in [-0.2, 0) is 0 Å². The second-order valence-corrected chi connectivity index (χ2v) is 6.15. The number of piperazine rings is 1. The summed E-state index contributed by atoms with van der Waals surface area (Å²) in [6, 6.07) is 7.67. The third-order valence-electron chi connectivity index (χ3n) is 4.87. The molecule has 2 aliphatic rings. The molecule has 1 saturated carbocycles. The van der Waals surface area contributed by atoms with Gasteiger partial charge < -0.3 is 5.32 Å². The van der Waals surface area contributed by atoms with Crippen molar-refractivity contribution in [2.45, 2.75) is 38.1 Å². The first-order valence-corrected chi connectivity index (χ1v) is 8.05. The Morgan fingerprint density at radius 2 is 1.75 bits per heavy atom. The molecular weight excluding hydrogens is 251 g/mol. The van der Waals surface area contributed by atoms with Gasteiger partial charge in [0, 0.05) is 37.8 Å². The van der Waals surface area contributed by atoms with Crippen molar-refractivity contribution >= 4 is 0 Å². The van der Waals surface area contributed by atoms with Crippen molar-refractivity contribution in [1.29, 1.82) is 0 Å². The molecule has 3 rings (SSSR count). The molecule has 1 atom stereocenters. The predicted octanol–water partition coefficient (Wildman–Crippen LogP) is 3.35. The van der Waals surface area contributed by atoms with Crippen molar-refractivity contribution in [2.75, 3.05) is 26.2 Å². The highest BCUT2D eigenvalue weighted by Gasteiger charge is 2.32. The molecule has 1 saturated heterocycles. The lowest BCUT2D eigenvalue weighted by Crippen LogP contribution is -2.47. The van der Waals surface area contributed by atoms with E-state index in [9.17, 15) is 4.39 Å². The van der Waals surface area contributed by atoms with Crippen LogP contribution in [0.5, 0.6) is 0 Å².